The largest absolute Gasteiger partial charge is 0.497 e. The molecule has 1 aliphatic heterocycles. The number of hydrogen-bond acceptors (Lipinski definition) is 4. The molecule has 0 aliphatic carbocycles. The Labute approximate surface area is 178 Å². The van der Waals surface area contributed by atoms with E-state index in [1.807, 2.05) is 43.3 Å². The van der Waals surface area contributed by atoms with E-state index in [0.717, 1.165) is 43.5 Å². The van der Waals surface area contributed by atoms with Crippen molar-refractivity contribution in [3.05, 3.63) is 59.7 Å². The van der Waals surface area contributed by atoms with Gasteiger partial charge in [-0.3, -0.25) is 9.79 Å². The molecular weight excluding hydrogens is 378 g/mol. The highest BCUT2D eigenvalue weighted by atomic mass is 16.5. The molecule has 0 saturated carbocycles. The Balaban J connectivity index is 1.43. The van der Waals surface area contributed by atoms with E-state index in [0.29, 0.717) is 18.7 Å². The Morgan fingerprint density at radius 3 is 2.47 bits per heavy atom. The minimum atomic E-state index is -0.0533. The summed E-state index contributed by atoms with van der Waals surface area (Å²) >= 11 is 0. The molecule has 0 spiro atoms. The highest BCUT2D eigenvalue weighted by molar-refractivity contribution is 5.94. The molecule has 1 saturated heterocycles. The van der Waals surface area contributed by atoms with E-state index < -0.39 is 0 Å². The third kappa shape index (κ3) is 5.65. The molecule has 7 heteroatoms. The summed E-state index contributed by atoms with van der Waals surface area (Å²) < 4.78 is 5.33. The molecule has 0 unspecified atom stereocenters. The van der Waals surface area contributed by atoms with Gasteiger partial charge in [0.05, 0.1) is 7.11 Å². The Morgan fingerprint density at radius 2 is 1.77 bits per heavy atom. The number of hydrogen-bond donors (Lipinski definition) is 2. The Kier molecular flexibility index (Phi) is 7.54. The van der Waals surface area contributed by atoms with Gasteiger partial charge < -0.3 is 25.2 Å². The van der Waals surface area contributed by atoms with Crippen LogP contribution in [0.5, 0.6) is 5.75 Å². The van der Waals surface area contributed by atoms with E-state index in [-0.39, 0.29) is 5.91 Å². The van der Waals surface area contributed by atoms with E-state index in [4.69, 9.17) is 4.74 Å². The number of nitrogens with zero attached hydrogens (tertiary/aromatic N) is 3. The van der Waals surface area contributed by atoms with E-state index in [1.165, 1.54) is 5.69 Å². The lowest BCUT2D eigenvalue weighted by Gasteiger charge is -2.37. The van der Waals surface area contributed by atoms with Crippen molar-refractivity contribution in [1.82, 2.24) is 15.5 Å². The first-order valence-electron chi connectivity index (χ1n) is 10.3. The van der Waals surface area contributed by atoms with Crippen LogP contribution in [-0.2, 0) is 0 Å². The molecular formula is C23H31N5O2. The minimum Gasteiger partial charge on any atom is -0.497 e. The average Bonchev–Trinajstić information content (AvgIpc) is 2.79. The second-order valence-electron chi connectivity index (χ2n) is 7.27. The predicted octanol–water partition coefficient (Wildman–Crippen LogP) is 2.13. The number of guanidine groups is 1. The van der Waals surface area contributed by atoms with E-state index in [1.54, 1.807) is 14.2 Å². The third-order valence-electron chi connectivity index (χ3n) is 5.18. The summed E-state index contributed by atoms with van der Waals surface area (Å²) in [5.41, 5.74) is 2.94. The summed E-state index contributed by atoms with van der Waals surface area (Å²) in [7, 11) is 3.48. The van der Waals surface area contributed by atoms with Gasteiger partial charge in [0, 0.05) is 63.6 Å². The number of ether oxygens (including phenoxy) is 1. The quantitative estimate of drug-likeness (QED) is 0.435. The maximum absolute atomic E-state index is 12.2. The van der Waals surface area contributed by atoms with Gasteiger partial charge in [-0.25, -0.2) is 0 Å². The standard InChI is InChI=1S/C23H31N5O2/c1-18-6-4-7-19(16-18)22(29)25-10-11-26-23(24-2)28-14-12-27(13-15-28)20-8-5-9-21(17-20)30-3/h4-9,16-17H,10-15H2,1-3H3,(H,24,26)(H,25,29). The van der Waals surface area contributed by atoms with E-state index in [9.17, 15) is 4.79 Å². The Hall–Kier alpha value is -3.22. The molecule has 0 bridgehead atoms. The van der Waals surface area contributed by atoms with Crippen LogP contribution in [-0.4, -0.2) is 70.2 Å². The van der Waals surface area contributed by atoms with Crippen LogP contribution in [0.3, 0.4) is 0 Å². The average molecular weight is 410 g/mol. The van der Waals surface area contributed by atoms with Crippen molar-refractivity contribution in [3.8, 4) is 5.75 Å². The van der Waals surface area contributed by atoms with Crippen LogP contribution in [0.1, 0.15) is 15.9 Å². The first-order chi connectivity index (χ1) is 14.6. The fraction of sp³-hybridized carbons (Fsp3) is 0.391. The van der Waals surface area contributed by atoms with E-state index in [2.05, 4.69) is 37.6 Å². The topological polar surface area (TPSA) is 69.2 Å². The molecule has 0 atom stereocenters. The molecule has 30 heavy (non-hydrogen) atoms. The summed E-state index contributed by atoms with van der Waals surface area (Å²) in [5.74, 6) is 1.69. The van der Waals surface area contributed by atoms with Gasteiger partial charge in [-0.05, 0) is 31.2 Å². The molecule has 1 aliphatic rings. The van der Waals surface area contributed by atoms with Crippen molar-refractivity contribution >= 4 is 17.6 Å². The number of carbonyl (C=O) groups is 1. The van der Waals surface area contributed by atoms with Crippen LogP contribution in [0, 0.1) is 6.92 Å². The maximum atomic E-state index is 12.2. The molecule has 0 aromatic heterocycles. The summed E-state index contributed by atoms with van der Waals surface area (Å²) in [4.78, 5) is 21.2. The number of rotatable bonds is 6. The normalized spacial score (nSPS) is 14.4. The van der Waals surface area contributed by atoms with Crippen LogP contribution in [0.2, 0.25) is 0 Å². The smallest absolute Gasteiger partial charge is 0.251 e. The van der Waals surface area contributed by atoms with Crippen molar-refractivity contribution in [2.24, 2.45) is 4.99 Å². The number of aliphatic imine (C=N–C) groups is 1. The number of piperazine rings is 1. The molecule has 2 aromatic rings. The van der Waals surface area contributed by atoms with Gasteiger partial charge in [-0.2, -0.15) is 0 Å². The molecule has 160 valence electrons. The molecule has 0 radical (unpaired) electrons. The Bertz CT molecular complexity index is 875. The monoisotopic (exact) mass is 409 g/mol. The number of aryl methyl sites for hydroxylation is 1. The third-order valence-corrected chi connectivity index (χ3v) is 5.18. The van der Waals surface area contributed by atoms with Crippen molar-refractivity contribution < 1.29 is 9.53 Å². The second kappa shape index (κ2) is 10.5. The van der Waals surface area contributed by atoms with Gasteiger partial charge in [0.2, 0.25) is 0 Å². The molecule has 7 nitrogen and oxygen atoms in total. The first-order valence-corrected chi connectivity index (χ1v) is 10.3. The van der Waals surface area contributed by atoms with Gasteiger partial charge in [-0.15, -0.1) is 0 Å². The second-order valence-corrected chi connectivity index (χ2v) is 7.27. The molecule has 3 rings (SSSR count). The maximum Gasteiger partial charge on any atom is 0.251 e. The van der Waals surface area contributed by atoms with Gasteiger partial charge in [0.1, 0.15) is 5.75 Å². The summed E-state index contributed by atoms with van der Waals surface area (Å²) in [6, 6.07) is 15.8. The zero-order valence-corrected chi connectivity index (χ0v) is 18.0. The van der Waals surface area contributed by atoms with Gasteiger partial charge in [0.25, 0.3) is 5.91 Å². The van der Waals surface area contributed by atoms with Crippen LogP contribution in [0.15, 0.2) is 53.5 Å². The Morgan fingerprint density at radius 1 is 1.03 bits per heavy atom. The number of nitrogens with one attached hydrogen (secondary N) is 2. The lowest BCUT2D eigenvalue weighted by atomic mass is 10.1. The number of carbonyl (C=O) groups excluding carboxylic acids is 1. The van der Waals surface area contributed by atoms with E-state index >= 15 is 0 Å². The van der Waals surface area contributed by atoms with Gasteiger partial charge in [-0.1, -0.05) is 23.8 Å². The number of methoxy groups -OCH3 is 1. The predicted molar refractivity (Wildman–Crippen MR) is 122 cm³/mol. The van der Waals surface area contributed by atoms with Crippen molar-refractivity contribution in [2.75, 3.05) is 58.3 Å². The highest BCUT2D eigenvalue weighted by Gasteiger charge is 2.20. The van der Waals surface area contributed by atoms with Crippen molar-refractivity contribution in [2.45, 2.75) is 6.92 Å². The van der Waals surface area contributed by atoms with Crippen LogP contribution in [0.25, 0.3) is 0 Å². The van der Waals surface area contributed by atoms with Crippen LogP contribution < -0.4 is 20.3 Å². The summed E-state index contributed by atoms with van der Waals surface area (Å²) in [5, 5.41) is 6.31. The zero-order chi connectivity index (χ0) is 21.3. The van der Waals surface area contributed by atoms with Crippen LogP contribution >= 0.6 is 0 Å². The number of benzene rings is 2. The molecule has 1 fully saturated rings. The molecule has 2 aromatic carbocycles. The lowest BCUT2D eigenvalue weighted by molar-refractivity contribution is 0.0954. The van der Waals surface area contributed by atoms with Crippen molar-refractivity contribution in [3.63, 3.8) is 0 Å². The van der Waals surface area contributed by atoms with Gasteiger partial charge >= 0.3 is 0 Å². The SMILES string of the molecule is CN=C(NCCNC(=O)c1cccc(C)c1)N1CCN(c2cccc(OC)c2)CC1. The number of anilines is 1. The summed E-state index contributed by atoms with van der Waals surface area (Å²) in [6.07, 6.45) is 0. The molecule has 1 amide bonds. The number of amides is 1. The zero-order valence-electron chi connectivity index (χ0n) is 18.0. The van der Waals surface area contributed by atoms with Gasteiger partial charge in [0.15, 0.2) is 5.96 Å². The van der Waals surface area contributed by atoms with Crippen molar-refractivity contribution in [1.29, 1.82) is 0 Å². The fourth-order valence-electron chi connectivity index (χ4n) is 3.55. The molecule has 1 heterocycles. The first kappa shape index (κ1) is 21.5. The minimum absolute atomic E-state index is 0.0533. The molecule has 2 N–H and O–H groups in total. The summed E-state index contributed by atoms with van der Waals surface area (Å²) in [6.45, 7) is 6.74. The fourth-order valence-corrected chi connectivity index (χ4v) is 3.55. The lowest BCUT2D eigenvalue weighted by Crippen LogP contribution is -2.53. The highest BCUT2D eigenvalue weighted by Crippen LogP contribution is 2.22. The van der Waals surface area contributed by atoms with Crippen LogP contribution in [0.4, 0.5) is 5.69 Å².